The lowest BCUT2D eigenvalue weighted by Gasteiger charge is -2.26. The molecule has 1 saturated heterocycles. The van der Waals surface area contributed by atoms with E-state index in [1.165, 1.54) is 4.57 Å². The minimum Gasteiger partial charge on any atom is -0.466 e. The molecule has 1 aliphatic heterocycles. The lowest BCUT2D eigenvalue weighted by atomic mass is 9.80. The molecule has 186 valence electrons. The van der Waals surface area contributed by atoms with Crippen LogP contribution in [-0.2, 0) is 23.9 Å². The van der Waals surface area contributed by atoms with Gasteiger partial charge in [-0.3, -0.25) is 33.9 Å². The maximum Gasteiger partial charge on any atom is 0.308 e. The smallest absolute Gasteiger partial charge is 0.308 e. The number of rotatable bonds is 6. The summed E-state index contributed by atoms with van der Waals surface area (Å²) in [6.45, 7) is 3.80. The molecule has 2 aliphatic rings. The van der Waals surface area contributed by atoms with Crippen LogP contribution in [0.3, 0.4) is 0 Å². The Morgan fingerprint density at radius 2 is 1.89 bits per heavy atom. The van der Waals surface area contributed by atoms with Crippen molar-refractivity contribution in [2.24, 2.45) is 11.8 Å². The number of nitrogens with zero attached hydrogens (tertiary/aromatic N) is 2. The van der Waals surface area contributed by atoms with Crippen molar-refractivity contribution in [3.05, 3.63) is 34.4 Å². The lowest BCUT2D eigenvalue weighted by molar-refractivity contribution is -0.149. The highest BCUT2D eigenvalue weighted by Gasteiger charge is 2.31. The Balaban J connectivity index is 1.48. The first-order valence-electron chi connectivity index (χ1n) is 12.1. The summed E-state index contributed by atoms with van der Waals surface area (Å²) >= 11 is 0. The number of hydrogen-bond acceptors (Lipinski definition) is 7. The zero-order chi connectivity index (χ0) is 25.1. The Hall–Kier alpha value is -3.56. The predicted molar refractivity (Wildman–Crippen MR) is 127 cm³/mol. The number of carbonyl (C=O) groups excluding carboxylic acids is 4. The number of fused-ring (bicyclic) bond motifs is 1. The number of para-hydroxylation sites is 1. The number of ether oxygens (including phenoxy) is 1. The Kier molecular flexibility index (Phi) is 7.28. The first-order valence-corrected chi connectivity index (χ1v) is 12.1. The number of aryl methyl sites for hydroxylation is 1. The van der Waals surface area contributed by atoms with Gasteiger partial charge in [0, 0.05) is 12.8 Å². The molecule has 1 saturated carbocycles. The van der Waals surface area contributed by atoms with Crippen LogP contribution in [0.2, 0.25) is 0 Å². The van der Waals surface area contributed by atoms with Crippen molar-refractivity contribution in [3.8, 4) is 0 Å². The molecular weight excluding hydrogens is 452 g/mol. The van der Waals surface area contributed by atoms with Crippen molar-refractivity contribution < 1.29 is 23.9 Å². The Labute approximate surface area is 202 Å². The maximum atomic E-state index is 13.3. The van der Waals surface area contributed by atoms with Crippen molar-refractivity contribution in [2.75, 3.05) is 11.9 Å². The monoisotopic (exact) mass is 482 g/mol. The first kappa shape index (κ1) is 24.6. The molecule has 1 unspecified atom stereocenters. The number of nitrogens with one attached hydrogen (secondary N) is 2. The third-order valence-corrected chi connectivity index (χ3v) is 6.84. The second-order valence-electron chi connectivity index (χ2n) is 9.22. The molecule has 1 aliphatic carbocycles. The molecule has 2 heterocycles. The topological polar surface area (TPSA) is 136 Å². The summed E-state index contributed by atoms with van der Waals surface area (Å²) in [4.78, 5) is 66.4. The molecule has 1 atom stereocenters. The minimum absolute atomic E-state index is 0.0916. The van der Waals surface area contributed by atoms with Crippen molar-refractivity contribution in [2.45, 2.75) is 64.8 Å². The molecule has 2 fully saturated rings. The van der Waals surface area contributed by atoms with Gasteiger partial charge in [0.15, 0.2) is 0 Å². The quantitative estimate of drug-likeness (QED) is 0.476. The normalized spacial score (nSPS) is 22.5. The van der Waals surface area contributed by atoms with Gasteiger partial charge in [-0.15, -0.1) is 0 Å². The van der Waals surface area contributed by atoms with E-state index in [0.29, 0.717) is 42.9 Å². The average Bonchev–Trinajstić information content (AvgIpc) is 2.81. The number of amides is 3. The van der Waals surface area contributed by atoms with Crippen LogP contribution in [0.1, 0.15) is 63.7 Å². The van der Waals surface area contributed by atoms with E-state index in [-0.39, 0.29) is 47.8 Å². The Morgan fingerprint density at radius 3 is 2.57 bits per heavy atom. The number of piperidine rings is 1. The van der Waals surface area contributed by atoms with Crippen LogP contribution in [0.15, 0.2) is 23.0 Å². The summed E-state index contributed by atoms with van der Waals surface area (Å²) in [5.41, 5.74) is 0.400. The van der Waals surface area contributed by atoms with Crippen molar-refractivity contribution in [1.29, 1.82) is 0 Å². The SMILES string of the molecule is CCOC(=O)C1CCC(CC(=O)Nc2cccc3c(=O)n(C4CCC(=O)NC4=O)c(C)nc23)CC1. The van der Waals surface area contributed by atoms with Crippen LogP contribution in [0, 0.1) is 18.8 Å². The van der Waals surface area contributed by atoms with E-state index in [9.17, 15) is 24.0 Å². The summed E-state index contributed by atoms with van der Waals surface area (Å²) in [6.07, 6.45) is 3.68. The van der Waals surface area contributed by atoms with E-state index >= 15 is 0 Å². The highest BCUT2D eigenvalue weighted by Crippen LogP contribution is 2.32. The molecule has 0 bridgehead atoms. The fourth-order valence-electron chi connectivity index (χ4n) is 5.05. The lowest BCUT2D eigenvalue weighted by Crippen LogP contribution is -2.45. The van der Waals surface area contributed by atoms with E-state index in [4.69, 9.17) is 4.74 Å². The van der Waals surface area contributed by atoms with Crippen LogP contribution in [-0.4, -0.2) is 39.8 Å². The van der Waals surface area contributed by atoms with E-state index in [2.05, 4.69) is 15.6 Å². The van der Waals surface area contributed by atoms with E-state index in [0.717, 1.165) is 12.8 Å². The van der Waals surface area contributed by atoms with Crippen molar-refractivity contribution >= 4 is 40.3 Å². The maximum absolute atomic E-state index is 13.3. The van der Waals surface area contributed by atoms with Gasteiger partial charge in [-0.2, -0.15) is 0 Å². The summed E-state index contributed by atoms with van der Waals surface area (Å²) in [7, 11) is 0. The van der Waals surface area contributed by atoms with Crippen LogP contribution >= 0.6 is 0 Å². The Bertz CT molecular complexity index is 1230. The van der Waals surface area contributed by atoms with Gasteiger partial charge in [-0.25, -0.2) is 4.98 Å². The molecule has 35 heavy (non-hydrogen) atoms. The van der Waals surface area contributed by atoms with Crippen molar-refractivity contribution in [3.63, 3.8) is 0 Å². The third kappa shape index (κ3) is 5.26. The van der Waals surface area contributed by atoms with Gasteiger partial charge in [-0.05, 0) is 64.0 Å². The fourth-order valence-corrected chi connectivity index (χ4v) is 5.05. The molecule has 2 N–H and O–H groups in total. The zero-order valence-electron chi connectivity index (χ0n) is 20.0. The van der Waals surface area contributed by atoms with Gasteiger partial charge in [-0.1, -0.05) is 6.07 Å². The van der Waals surface area contributed by atoms with E-state index < -0.39 is 17.5 Å². The van der Waals surface area contributed by atoms with Crippen LogP contribution < -0.4 is 16.2 Å². The van der Waals surface area contributed by atoms with Gasteiger partial charge in [0.1, 0.15) is 17.4 Å². The van der Waals surface area contributed by atoms with Crippen LogP contribution in [0.5, 0.6) is 0 Å². The molecule has 2 aromatic rings. The van der Waals surface area contributed by atoms with E-state index in [1.54, 1.807) is 32.0 Å². The van der Waals surface area contributed by atoms with Gasteiger partial charge >= 0.3 is 5.97 Å². The number of carbonyl (C=O) groups is 4. The minimum atomic E-state index is -0.805. The number of benzene rings is 1. The summed E-state index contributed by atoms with van der Waals surface area (Å²) in [5, 5.41) is 5.45. The number of imide groups is 1. The molecule has 0 radical (unpaired) electrons. The van der Waals surface area contributed by atoms with Gasteiger partial charge in [0.05, 0.1) is 23.6 Å². The van der Waals surface area contributed by atoms with Crippen molar-refractivity contribution in [1.82, 2.24) is 14.9 Å². The second kappa shape index (κ2) is 10.4. The highest BCUT2D eigenvalue weighted by atomic mass is 16.5. The molecular formula is C25H30N4O6. The van der Waals surface area contributed by atoms with Gasteiger partial charge in [0.25, 0.3) is 5.56 Å². The van der Waals surface area contributed by atoms with Crippen LogP contribution in [0.4, 0.5) is 5.69 Å². The summed E-state index contributed by atoms with van der Waals surface area (Å²) in [6, 6.07) is 4.16. The van der Waals surface area contributed by atoms with E-state index in [1.807, 2.05) is 0 Å². The molecule has 1 aromatic carbocycles. The standard InChI is InChI=1S/C25H30N4O6/c1-3-35-25(34)16-9-7-15(8-10-16)13-21(31)27-18-6-4-5-17-22(18)26-14(2)29(24(17)33)19-11-12-20(30)28-23(19)32/h4-6,15-16,19H,3,7-13H2,1-2H3,(H,27,31)(H,28,30,32). The predicted octanol–water partition coefficient (Wildman–Crippen LogP) is 2.38. The fraction of sp³-hybridized carbons (Fsp3) is 0.520. The van der Waals surface area contributed by atoms with Crippen LogP contribution in [0.25, 0.3) is 10.9 Å². The highest BCUT2D eigenvalue weighted by molar-refractivity contribution is 6.01. The molecule has 4 rings (SSSR count). The molecule has 3 amide bonds. The molecule has 0 spiro atoms. The van der Waals surface area contributed by atoms with Gasteiger partial charge < -0.3 is 10.1 Å². The second-order valence-corrected chi connectivity index (χ2v) is 9.22. The molecule has 10 nitrogen and oxygen atoms in total. The molecule has 10 heteroatoms. The third-order valence-electron chi connectivity index (χ3n) is 6.84. The summed E-state index contributed by atoms with van der Waals surface area (Å²) in [5.74, 6) is -0.793. The number of hydrogen-bond donors (Lipinski definition) is 2. The summed E-state index contributed by atoms with van der Waals surface area (Å²) < 4.78 is 6.42. The van der Waals surface area contributed by atoms with Gasteiger partial charge in [0.2, 0.25) is 17.7 Å². The molecule has 1 aromatic heterocycles. The largest absolute Gasteiger partial charge is 0.466 e. The zero-order valence-corrected chi connectivity index (χ0v) is 20.0. The Morgan fingerprint density at radius 1 is 1.14 bits per heavy atom. The number of anilines is 1. The number of esters is 1. The number of aromatic nitrogens is 2. The average molecular weight is 483 g/mol. The first-order chi connectivity index (χ1) is 16.8.